The van der Waals surface area contributed by atoms with E-state index in [1.807, 2.05) is 18.2 Å². The average Bonchev–Trinajstić information content (AvgIpc) is 2.60. The summed E-state index contributed by atoms with van der Waals surface area (Å²) in [5, 5.41) is 16.3. The van der Waals surface area contributed by atoms with Crippen LogP contribution < -0.4 is 5.84 Å². The molecule has 4 N–H and O–H groups in total. The van der Waals surface area contributed by atoms with Gasteiger partial charge in [-0.1, -0.05) is 30.3 Å². The van der Waals surface area contributed by atoms with E-state index in [4.69, 9.17) is 18.1 Å². The molecule has 1 heterocycles. The van der Waals surface area contributed by atoms with Crippen molar-refractivity contribution in [2.75, 3.05) is 5.84 Å². The van der Waals surface area contributed by atoms with Crippen LogP contribution in [0.25, 0.3) is 0 Å². The molecule has 0 aliphatic heterocycles. The molecule has 5 nitrogen and oxygen atoms in total. The molecule has 6 heteroatoms. The third-order valence-corrected chi connectivity index (χ3v) is 2.38. The number of aromatic nitrogens is 3. The van der Waals surface area contributed by atoms with Crippen molar-refractivity contribution >= 4 is 12.2 Å². The molecule has 1 aromatic heterocycles. The number of benzene rings is 1. The van der Waals surface area contributed by atoms with Crippen molar-refractivity contribution in [3.8, 4) is 0 Å². The predicted octanol–water partition coefficient (Wildman–Crippen LogP) is 0.736. The molecular formula is C9H10N4OS. The van der Waals surface area contributed by atoms with Crippen LogP contribution in [0.1, 0.15) is 17.5 Å². The van der Waals surface area contributed by atoms with Crippen LogP contribution in [-0.4, -0.2) is 20.0 Å². The first kappa shape index (κ1) is 9.88. The molecule has 2 rings (SSSR count). The van der Waals surface area contributed by atoms with Gasteiger partial charge in [-0.3, -0.25) is 5.10 Å². The number of aliphatic hydroxyl groups excluding tert-OH is 1. The smallest absolute Gasteiger partial charge is 0.214 e. The van der Waals surface area contributed by atoms with Gasteiger partial charge in [0.1, 0.15) is 6.10 Å². The first-order valence-electron chi connectivity index (χ1n) is 4.35. The number of nitrogens with zero attached hydrogens (tertiary/aromatic N) is 2. The maximum absolute atomic E-state index is 9.96. The number of aromatic amines is 1. The summed E-state index contributed by atoms with van der Waals surface area (Å²) in [5.41, 5.74) is 0.721. The van der Waals surface area contributed by atoms with Crippen molar-refractivity contribution in [3.05, 3.63) is 46.5 Å². The van der Waals surface area contributed by atoms with E-state index in [9.17, 15) is 5.11 Å². The fourth-order valence-corrected chi connectivity index (χ4v) is 1.43. The molecule has 0 spiro atoms. The number of hydrogen-bond donors (Lipinski definition) is 3. The molecule has 0 aliphatic carbocycles. The molecule has 0 radical (unpaired) electrons. The molecule has 78 valence electrons. The first-order valence-corrected chi connectivity index (χ1v) is 4.76. The Bertz CT molecular complexity index is 504. The molecule has 0 unspecified atom stereocenters. The molecule has 0 aliphatic rings. The van der Waals surface area contributed by atoms with E-state index >= 15 is 0 Å². The van der Waals surface area contributed by atoms with E-state index in [-0.39, 0.29) is 4.77 Å². The predicted molar refractivity (Wildman–Crippen MR) is 58.1 cm³/mol. The minimum Gasteiger partial charge on any atom is -0.380 e. The van der Waals surface area contributed by atoms with Crippen LogP contribution >= 0.6 is 12.2 Å². The Morgan fingerprint density at radius 3 is 2.60 bits per heavy atom. The normalized spacial score (nSPS) is 12.6. The van der Waals surface area contributed by atoms with Gasteiger partial charge < -0.3 is 10.9 Å². The zero-order chi connectivity index (χ0) is 10.8. The quantitative estimate of drug-likeness (QED) is 0.517. The summed E-state index contributed by atoms with van der Waals surface area (Å²) in [7, 11) is 0. The summed E-state index contributed by atoms with van der Waals surface area (Å²) in [4.78, 5) is 0. The lowest BCUT2D eigenvalue weighted by Crippen LogP contribution is -2.16. The fraction of sp³-hybridized carbons (Fsp3) is 0.111. The maximum atomic E-state index is 9.96. The van der Waals surface area contributed by atoms with Gasteiger partial charge in [0.15, 0.2) is 5.82 Å². The molecule has 0 saturated carbocycles. The lowest BCUT2D eigenvalue weighted by Gasteiger charge is -2.08. The Labute approximate surface area is 91.1 Å². The van der Waals surface area contributed by atoms with E-state index in [1.54, 1.807) is 12.1 Å². The van der Waals surface area contributed by atoms with Gasteiger partial charge in [-0.2, -0.15) is 5.10 Å². The number of rotatable bonds is 2. The summed E-state index contributed by atoms with van der Waals surface area (Å²) in [6.45, 7) is 0. The Balaban J connectivity index is 2.41. The lowest BCUT2D eigenvalue weighted by atomic mass is 10.1. The van der Waals surface area contributed by atoms with Crippen LogP contribution in [0, 0.1) is 4.77 Å². The number of nitrogens with one attached hydrogen (secondary N) is 1. The third kappa shape index (κ3) is 1.77. The summed E-state index contributed by atoms with van der Waals surface area (Å²) in [6.07, 6.45) is -0.871. The highest BCUT2D eigenvalue weighted by Gasteiger charge is 2.16. The van der Waals surface area contributed by atoms with Crippen LogP contribution in [0.15, 0.2) is 30.3 Å². The van der Waals surface area contributed by atoms with Crippen LogP contribution in [0.3, 0.4) is 0 Å². The van der Waals surface area contributed by atoms with Gasteiger partial charge in [-0.15, -0.1) is 0 Å². The minimum absolute atomic E-state index is 0.278. The average molecular weight is 222 g/mol. The summed E-state index contributed by atoms with van der Waals surface area (Å²) < 4.78 is 1.44. The van der Waals surface area contributed by atoms with Crippen LogP contribution in [0.4, 0.5) is 0 Å². The van der Waals surface area contributed by atoms with E-state index < -0.39 is 6.10 Å². The van der Waals surface area contributed by atoms with E-state index in [1.165, 1.54) is 0 Å². The van der Waals surface area contributed by atoms with Crippen molar-refractivity contribution in [1.82, 2.24) is 14.9 Å². The van der Waals surface area contributed by atoms with Gasteiger partial charge in [-0.25, -0.2) is 4.68 Å². The standard InChI is InChI=1S/C9H10N4OS/c10-13-8(11-12-9(13)15)7(14)6-4-2-1-3-5-6/h1-5,7,14H,10H2,(H,12,15)/t7-/m1/s1. The van der Waals surface area contributed by atoms with Crippen molar-refractivity contribution in [2.24, 2.45) is 0 Å². The highest BCUT2D eigenvalue weighted by Crippen LogP contribution is 2.18. The van der Waals surface area contributed by atoms with Crippen LogP contribution in [0.2, 0.25) is 0 Å². The van der Waals surface area contributed by atoms with Gasteiger partial charge in [0.05, 0.1) is 0 Å². The molecule has 0 amide bonds. The number of aliphatic hydroxyl groups is 1. The van der Waals surface area contributed by atoms with Gasteiger partial charge >= 0.3 is 0 Å². The van der Waals surface area contributed by atoms with Gasteiger partial charge in [0.25, 0.3) is 0 Å². The summed E-state index contributed by atoms with van der Waals surface area (Å²) in [5.74, 6) is 5.90. The van der Waals surface area contributed by atoms with E-state index in [0.717, 1.165) is 10.2 Å². The molecule has 1 atom stereocenters. The van der Waals surface area contributed by atoms with E-state index in [0.29, 0.717) is 5.82 Å². The molecule has 1 aromatic carbocycles. The van der Waals surface area contributed by atoms with Crippen molar-refractivity contribution in [3.63, 3.8) is 0 Å². The second-order valence-electron chi connectivity index (χ2n) is 3.07. The number of nitrogens with two attached hydrogens (primary N) is 1. The van der Waals surface area contributed by atoms with Crippen LogP contribution in [-0.2, 0) is 0 Å². The van der Waals surface area contributed by atoms with Gasteiger partial charge in [0.2, 0.25) is 4.77 Å². The molecular weight excluding hydrogens is 212 g/mol. The Hall–Kier alpha value is -1.66. The van der Waals surface area contributed by atoms with Crippen molar-refractivity contribution < 1.29 is 5.11 Å². The van der Waals surface area contributed by atoms with Gasteiger partial charge in [-0.05, 0) is 17.8 Å². The highest BCUT2D eigenvalue weighted by atomic mass is 32.1. The summed E-state index contributed by atoms with van der Waals surface area (Å²) >= 11 is 4.85. The SMILES string of the molecule is Nn1c([C@H](O)c2ccccc2)n[nH]c1=S. The molecule has 15 heavy (non-hydrogen) atoms. The molecule has 0 bridgehead atoms. The zero-order valence-electron chi connectivity index (χ0n) is 7.79. The van der Waals surface area contributed by atoms with Crippen molar-refractivity contribution in [2.45, 2.75) is 6.10 Å². The Morgan fingerprint density at radius 1 is 1.40 bits per heavy atom. The van der Waals surface area contributed by atoms with E-state index in [2.05, 4.69) is 10.2 Å². The fourth-order valence-electron chi connectivity index (χ4n) is 1.29. The largest absolute Gasteiger partial charge is 0.380 e. The number of nitrogen functional groups attached to an aromatic ring is 1. The van der Waals surface area contributed by atoms with Crippen LogP contribution in [0.5, 0.6) is 0 Å². The number of H-pyrrole nitrogens is 1. The zero-order valence-corrected chi connectivity index (χ0v) is 8.61. The topological polar surface area (TPSA) is 79.9 Å². The minimum atomic E-state index is -0.871. The Morgan fingerprint density at radius 2 is 2.07 bits per heavy atom. The summed E-state index contributed by atoms with van der Waals surface area (Å²) in [6, 6.07) is 9.13. The molecule has 0 saturated heterocycles. The second kappa shape index (κ2) is 3.84. The Kier molecular flexibility index (Phi) is 2.53. The monoisotopic (exact) mass is 222 g/mol. The number of hydrogen-bond acceptors (Lipinski definition) is 4. The van der Waals surface area contributed by atoms with Crippen molar-refractivity contribution in [1.29, 1.82) is 0 Å². The van der Waals surface area contributed by atoms with Gasteiger partial charge in [0, 0.05) is 0 Å². The maximum Gasteiger partial charge on any atom is 0.214 e. The first-order chi connectivity index (χ1) is 7.20. The molecule has 2 aromatic rings. The second-order valence-corrected chi connectivity index (χ2v) is 3.46. The highest BCUT2D eigenvalue weighted by molar-refractivity contribution is 7.71. The lowest BCUT2D eigenvalue weighted by molar-refractivity contribution is 0.206. The third-order valence-electron chi connectivity index (χ3n) is 2.09. The molecule has 0 fully saturated rings.